The van der Waals surface area contributed by atoms with Gasteiger partial charge in [0.25, 0.3) is 11.9 Å². The molecule has 16 heavy (non-hydrogen) atoms. The smallest absolute Gasteiger partial charge is 0.300 e. The van der Waals surface area contributed by atoms with Crippen molar-refractivity contribution in [2.45, 2.75) is 6.92 Å². The van der Waals surface area contributed by atoms with E-state index in [4.69, 9.17) is 15.6 Å². The third-order valence-electron chi connectivity index (χ3n) is 1.27. The lowest BCUT2D eigenvalue weighted by Gasteiger charge is -2.00. The van der Waals surface area contributed by atoms with E-state index in [1.165, 1.54) is 0 Å². The maximum atomic E-state index is 11.2. The van der Waals surface area contributed by atoms with E-state index in [2.05, 4.69) is 17.5 Å². The quantitative estimate of drug-likeness (QED) is 0.630. The summed E-state index contributed by atoms with van der Waals surface area (Å²) in [6.45, 7) is 1.08. The number of rotatable bonds is 1. The van der Waals surface area contributed by atoms with Crippen LogP contribution in [-0.4, -0.2) is 22.1 Å². The van der Waals surface area contributed by atoms with Crippen LogP contribution in [0.4, 0.5) is 0 Å². The van der Waals surface area contributed by atoms with Crippen LogP contribution in [0.5, 0.6) is 0 Å². The molecule has 0 spiro atoms. The van der Waals surface area contributed by atoms with Gasteiger partial charge in [-0.25, -0.2) is 0 Å². The molecule has 6 heteroatoms. The Morgan fingerprint density at radius 3 is 2.12 bits per heavy atom. The number of carbonyl (C=O) groups is 2. The summed E-state index contributed by atoms with van der Waals surface area (Å²) in [5.41, 5.74) is 5.68. The van der Waals surface area contributed by atoms with Crippen molar-refractivity contribution in [1.29, 1.82) is 0 Å². The lowest BCUT2D eigenvalue weighted by molar-refractivity contribution is -0.134. The molecule has 1 aromatic carbocycles. The number of carboxylic acid groups (broad SMARTS) is 1. The minimum atomic E-state index is -0.833. The van der Waals surface area contributed by atoms with Gasteiger partial charge in [0.15, 0.2) is 5.11 Å². The van der Waals surface area contributed by atoms with E-state index in [9.17, 15) is 4.79 Å². The van der Waals surface area contributed by atoms with Gasteiger partial charge in [0.1, 0.15) is 0 Å². The van der Waals surface area contributed by atoms with E-state index in [1.54, 1.807) is 24.3 Å². The Labute approximate surface area is 98.3 Å². The van der Waals surface area contributed by atoms with E-state index in [-0.39, 0.29) is 11.0 Å². The standard InChI is InChI=1S/C8H8N2OS.C2H4O2/c9-8(12)10-7(11)6-4-2-1-3-5-6;1-2(3)4/h1-5H,(H3,9,10,11,12);1H3,(H,3,4). The molecule has 0 atom stereocenters. The number of carboxylic acids is 1. The first kappa shape index (κ1) is 14.1. The zero-order chi connectivity index (χ0) is 12.6. The average molecular weight is 240 g/mol. The molecule has 1 rings (SSSR count). The first-order valence-corrected chi connectivity index (χ1v) is 4.69. The highest BCUT2D eigenvalue weighted by Gasteiger charge is 2.03. The van der Waals surface area contributed by atoms with Crippen molar-refractivity contribution in [1.82, 2.24) is 5.32 Å². The van der Waals surface area contributed by atoms with Gasteiger partial charge in [-0.05, 0) is 24.4 Å². The van der Waals surface area contributed by atoms with Gasteiger partial charge < -0.3 is 10.8 Å². The number of nitrogens with one attached hydrogen (secondary N) is 1. The molecular weight excluding hydrogens is 228 g/mol. The van der Waals surface area contributed by atoms with Crippen molar-refractivity contribution in [3.8, 4) is 0 Å². The topological polar surface area (TPSA) is 92.4 Å². The van der Waals surface area contributed by atoms with Gasteiger partial charge in [0, 0.05) is 12.5 Å². The number of carbonyl (C=O) groups excluding carboxylic acids is 1. The Morgan fingerprint density at radius 2 is 1.75 bits per heavy atom. The van der Waals surface area contributed by atoms with Crippen molar-refractivity contribution in [2.24, 2.45) is 5.73 Å². The Bertz CT molecular complexity index is 375. The molecule has 1 amide bonds. The Balaban J connectivity index is 0.000000487. The van der Waals surface area contributed by atoms with E-state index in [1.807, 2.05) is 6.07 Å². The van der Waals surface area contributed by atoms with Gasteiger partial charge in [-0.3, -0.25) is 14.9 Å². The van der Waals surface area contributed by atoms with Crippen LogP contribution in [0, 0.1) is 0 Å². The monoisotopic (exact) mass is 240 g/mol. The molecule has 0 heterocycles. The minimum Gasteiger partial charge on any atom is -0.481 e. The molecule has 0 fully saturated rings. The zero-order valence-corrected chi connectivity index (χ0v) is 9.45. The van der Waals surface area contributed by atoms with Crippen LogP contribution >= 0.6 is 12.2 Å². The fourth-order valence-electron chi connectivity index (χ4n) is 0.774. The lowest BCUT2D eigenvalue weighted by Crippen LogP contribution is -2.34. The predicted octanol–water partition coefficient (Wildman–Crippen LogP) is 0.751. The fourth-order valence-corrected chi connectivity index (χ4v) is 0.866. The first-order valence-electron chi connectivity index (χ1n) is 4.29. The van der Waals surface area contributed by atoms with Gasteiger partial charge in [-0.15, -0.1) is 0 Å². The van der Waals surface area contributed by atoms with Crippen LogP contribution in [0.25, 0.3) is 0 Å². The van der Waals surface area contributed by atoms with Crippen LogP contribution in [0.15, 0.2) is 30.3 Å². The van der Waals surface area contributed by atoms with E-state index in [0.29, 0.717) is 5.56 Å². The third kappa shape index (κ3) is 7.45. The normalized spacial score (nSPS) is 8.31. The van der Waals surface area contributed by atoms with Crippen LogP contribution < -0.4 is 11.1 Å². The SMILES string of the molecule is CC(=O)O.NC(=S)NC(=O)c1ccccc1. The second-order valence-corrected chi connectivity index (χ2v) is 3.14. The second-order valence-electron chi connectivity index (χ2n) is 2.70. The number of nitrogens with two attached hydrogens (primary N) is 1. The van der Waals surface area contributed by atoms with E-state index >= 15 is 0 Å². The van der Waals surface area contributed by atoms with Crippen molar-refractivity contribution >= 4 is 29.2 Å². The summed E-state index contributed by atoms with van der Waals surface area (Å²) in [4.78, 5) is 20.2. The predicted molar refractivity (Wildman–Crippen MR) is 64.0 cm³/mol. The molecule has 5 nitrogen and oxygen atoms in total. The summed E-state index contributed by atoms with van der Waals surface area (Å²) < 4.78 is 0. The van der Waals surface area contributed by atoms with Gasteiger partial charge in [0.05, 0.1) is 0 Å². The molecule has 0 saturated heterocycles. The molecule has 86 valence electrons. The Kier molecular flexibility index (Phi) is 6.46. The summed E-state index contributed by atoms with van der Waals surface area (Å²) in [6.07, 6.45) is 0. The number of amides is 1. The number of thiocarbonyl (C=S) groups is 1. The maximum Gasteiger partial charge on any atom is 0.300 e. The molecule has 0 unspecified atom stereocenters. The molecule has 0 bridgehead atoms. The molecule has 0 saturated carbocycles. The zero-order valence-electron chi connectivity index (χ0n) is 8.64. The largest absolute Gasteiger partial charge is 0.481 e. The highest BCUT2D eigenvalue weighted by atomic mass is 32.1. The van der Waals surface area contributed by atoms with Gasteiger partial charge >= 0.3 is 0 Å². The molecule has 0 aromatic heterocycles. The van der Waals surface area contributed by atoms with Gasteiger partial charge in [-0.2, -0.15) is 0 Å². The van der Waals surface area contributed by atoms with Crippen LogP contribution in [0.3, 0.4) is 0 Å². The Morgan fingerprint density at radius 1 is 1.31 bits per heavy atom. The molecule has 0 aliphatic carbocycles. The number of hydrogen-bond donors (Lipinski definition) is 3. The summed E-state index contributed by atoms with van der Waals surface area (Å²) in [7, 11) is 0. The summed E-state index contributed by atoms with van der Waals surface area (Å²) >= 11 is 4.52. The summed E-state index contributed by atoms with van der Waals surface area (Å²) in [5.74, 6) is -1.11. The van der Waals surface area contributed by atoms with Crippen molar-refractivity contribution < 1.29 is 14.7 Å². The highest BCUT2D eigenvalue weighted by molar-refractivity contribution is 7.80. The molecule has 0 aliphatic heterocycles. The second kappa shape index (κ2) is 7.36. The third-order valence-corrected chi connectivity index (χ3v) is 1.37. The Hall–Kier alpha value is -1.95. The lowest BCUT2D eigenvalue weighted by atomic mass is 10.2. The molecule has 1 aromatic rings. The van der Waals surface area contributed by atoms with Crippen molar-refractivity contribution in [2.75, 3.05) is 0 Å². The fraction of sp³-hybridized carbons (Fsp3) is 0.100. The highest BCUT2D eigenvalue weighted by Crippen LogP contribution is 1.96. The van der Waals surface area contributed by atoms with Crippen molar-refractivity contribution in [3.63, 3.8) is 0 Å². The summed E-state index contributed by atoms with van der Waals surface area (Å²) in [6, 6.07) is 8.75. The number of aliphatic carboxylic acids is 1. The minimum absolute atomic E-state index is 0.0103. The molecule has 0 aliphatic rings. The molecule has 0 radical (unpaired) electrons. The van der Waals surface area contributed by atoms with E-state index in [0.717, 1.165) is 6.92 Å². The number of hydrogen-bond acceptors (Lipinski definition) is 3. The van der Waals surface area contributed by atoms with Crippen molar-refractivity contribution in [3.05, 3.63) is 35.9 Å². The van der Waals surface area contributed by atoms with Gasteiger partial charge in [-0.1, -0.05) is 18.2 Å². The van der Waals surface area contributed by atoms with Crippen LogP contribution in [0.2, 0.25) is 0 Å². The molecule has 4 N–H and O–H groups in total. The van der Waals surface area contributed by atoms with Crippen LogP contribution in [0.1, 0.15) is 17.3 Å². The van der Waals surface area contributed by atoms with Crippen LogP contribution in [-0.2, 0) is 4.79 Å². The molecular formula is C10H12N2O3S. The number of benzene rings is 1. The first-order chi connectivity index (χ1) is 7.43. The summed E-state index contributed by atoms with van der Waals surface area (Å²) in [5, 5.41) is 9.74. The average Bonchev–Trinajstić information content (AvgIpc) is 2.17. The van der Waals surface area contributed by atoms with E-state index < -0.39 is 5.97 Å². The van der Waals surface area contributed by atoms with Gasteiger partial charge in [0.2, 0.25) is 0 Å². The maximum absolute atomic E-state index is 11.2.